The third-order valence-electron chi connectivity index (χ3n) is 4.61. The molecule has 2 aliphatic rings. The Balaban J connectivity index is 1.58. The van der Waals surface area contributed by atoms with Crippen LogP contribution in [0.1, 0.15) is 19.3 Å². The monoisotopic (exact) mass is 291 g/mol. The predicted molar refractivity (Wildman–Crippen MR) is 80.5 cm³/mol. The van der Waals surface area contributed by atoms with Gasteiger partial charge in [0.2, 0.25) is 5.91 Å². The first-order chi connectivity index (χ1) is 10.1. The van der Waals surface area contributed by atoms with Gasteiger partial charge >= 0.3 is 0 Å². The van der Waals surface area contributed by atoms with Crippen molar-refractivity contribution in [2.75, 3.05) is 31.1 Å². The van der Waals surface area contributed by atoms with Crippen molar-refractivity contribution in [1.29, 1.82) is 0 Å². The molecule has 5 heteroatoms. The van der Waals surface area contributed by atoms with Crippen molar-refractivity contribution in [3.8, 4) is 0 Å². The number of piperazine rings is 1. The lowest BCUT2D eigenvalue weighted by atomic mass is 10.1. The van der Waals surface area contributed by atoms with Crippen LogP contribution < -0.4 is 10.6 Å². The van der Waals surface area contributed by atoms with E-state index in [9.17, 15) is 9.18 Å². The first-order valence-corrected chi connectivity index (χ1v) is 7.69. The molecule has 3 rings (SSSR count). The summed E-state index contributed by atoms with van der Waals surface area (Å²) in [4.78, 5) is 16.4. The van der Waals surface area contributed by atoms with E-state index >= 15 is 0 Å². The van der Waals surface area contributed by atoms with Gasteiger partial charge in [-0.1, -0.05) is 12.1 Å². The van der Waals surface area contributed by atoms with E-state index in [0.29, 0.717) is 31.9 Å². The first kappa shape index (κ1) is 14.3. The molecule has 114 valence electrons. The third-order valence-corrected chi connectivity index (χ3v) is 4.61. The summed E-state index contributed by atoms with van der Waals surface area (Å²) >= 11 is 0. The number of carbonyl (C=O) groups excluding carboxylic acids is 1. The SMILES string of the molecule is NC1CCC(C(=O)N2CCN(c3ccccc3F)CC2)C1. The number of hydrogen-bond donors (Lipinski definition) is 1. The second-order valence-corrected chi connectivity index (χ2v) is 6.03. The third kappa shape index (κ3) is 3.02. The molecular weight excluding hydrogens is 269 g/mol. The standard InChI is InChI=1S/C16H22FN3O/c17-14-3-1-2-4-15(14)19-7-9-20(10-8-19)16(21)12-5-6-13(18)11-12/h1-4,12-13H,5-11,18H2. The van der Waals surface area contributed by atoms with Gasteiger partial charge in [0.25, 0.3) is 0 Å². The van der Waals surface area contributed by atoms with Crippen molar-refractivity contribution in [1.82, 2.24) is 4.90 Å². The van der Waals surface area contributed by atoms with Crippen molar-refractivity contribution in [2.45, 2.75) is 25.3 Å². The molecule has 0 aromatic heterocycles. The quantitative estimate of drug-likeness (QED) is 0.900. The van der Waals surface area contributed by atoms with Crippen LogP contribution in [-0.2, 0) is 4.79 Å². The molecule has 21 heavy (non-hydrogen) atoms. The van der Waals surface area contributed by atoms with Gasteiger partial charge in [0, 0.05) is 38.1 Å². The second kappa shape index (κ2) is 6.02. The van der Waals surface area contributed by atoms with E-state index in [1.54, 1.807) is 12.1 Å². The highest BCUT2D eigenvalue weighted by atomic mass is 19.1. The van der Waals surface area contributed by atoms with Crippen molar-refractivity contribution < 1.29 is 9.18 Å². The number of nitrogens with zero attached hydrogens (tertiary/aromatic N) is 2. The summed E-state index contributed by atoms with van der Waals surface area (Å²) in [6, 6.07) is 6.99. The Morgan fingerprint density at radius 3 is 2.48 bits per heavy atom. The largest absolute Gasteiger partial charge is 0.366 e. The summed E-state index contributed by atoms with van der Waals surface area (Å²) in [6.45, 7) is 2.70. The van der Waals surface area contributed by atoms with Crippen LogP contribution in [0.25, 0.3) is 0 Å². The Hall–Kier alpha value is -1.62. The summed E-state index contributed by atoms with van der Waals surface area (Å²) in [5.74, 6) is 0.134. The van der Waals surface area contributed by atoms with Crippen LogP contribution in [0.5, 0.6) is 0 Å². The van der Waals surface area contributed by atoms with E-state index in [2.05, 4.69) is 0 Å². The minimum absolute atomic E-state index is 0.0972. The molecule has 1 saturated carbocycles. The zero-order valence-electron chi connectivity index (χ0n) is 12.2. The number of para-hydroxylation sites is 1. The van der Waals surface area contributed by atoms with Crippen LogP contribution in [0.15, 0.2) is 24.3 Å². The fourth-order valence-corrected chi connectivity index (χ4v) is 3.37. The average Bonchev–Trinajstić information content (AvgIpc) is 2.94. The van der Waals surface area contributed by atoms with Gasteiger partial charge in [0.1, 0.15) is 5.82 Å². The van der Waals surface area contributed by atoms with Gasteiger partial charge in [-0.2, -0.15) is 0 Å². The maximum absolute atomic E-state index is 13.8. The summed E-state index contributed by atoms with van der Waals surface area (Å²) in [6.07, 6.45) is 2.67. The molecule has 2 N–H and O–H groups in total. The molecule has 1 aromatic rings. The number of rotatable bonds is 2. The number of amides is 1. The molecule has 4 nitrogen and oxygen atoms in total. The van der Waals surface area contributed by atoms with Gasteiger partial charge in [-0.3, -0.25) is 4.79 Å². The average molecular weight is 291 g/mol. The van der Waals surface area contributed by atoms with Gasteiger partial charge in [-0.25, -0.2) is 4.39 Å². The van der Waals surface area contributed by atoms with Gasteiger partial charge in [-0.15, -0.1) is 0 Å². The lowest BCUT2D eigenvalue weighted by molar-refractivity contribution is -0.135. The van der Waals surface area contributed by atoms with E-state index in [-0.39, 0.29) is 23.7 Å². The zero-order valence-corrected chi connectivity index (χ0v) is 12.2. The highest BCUT2D eigenvalue weighted by molar-refractivity contribution is 5.79. The lowest BCUT2D eigenvalue weighted by Crippen LogP contribution is -2.50. The van der Waals surface area contributed by atoms with Gasteiger partial charge in [-0.05, 0) is 31.4 Å². The smallest absolute Gasteiger partial charge is 0.225 e. The summed E-state index contributed by atoms with van der Waals surface area (Å²) in [5.41, 5.74) is 6.52. The van der Waals surface area contributed by atoms with E-state index in [4.69, 9.17) is 5.73 Å². The normalized spacial score (nSPS) is 26.2. The maximum Gasteiger partial charge on any atom is 0.225 e. The van der Waals surface area contributed by atoms with Gasteiger partial charge < -0.3 is 15.5 Å². The highest BCUT2D eigenvalue weighted by Gasteiger charge is 2.32. The zero-order chi connectivity index (χ0) is 14.8. The molecule has 2 atom stereocenters. The van der Waals surface area contributed by atoms with Crippen LogP contribution in [0.4, 0.5) is 10.1 Å². The Morgan fingerprint density at radius 1 is 1.14 bits per heavy atom. The Bertz CT molecular complexity index is 514. The molecule has 1 amide bonds. The highest BCUT2D eigenvalue weighted by Crippen LogP contribution is 2.27. The van der Waals surface area contributed by atoms with Crippen molar-refractivity contribution >= 4 is 11.6 Å². The molecule has 0 radical (unpaired) electrons. The van der Waals surface area contributed by atoms with E-state index < -0.39 is 0 Å². The first-order valence-electron chi connectivity index (χ1n) is 7.69. The topological polar surface area (TPSA) is 49.6 Å². The van der Waals surface area contributed by atoms with Gasteiger partial charge in [0.05, 0.1) is 5.69 Å². The van der Waals surface area contributed by atoms with Crippen LogP contribution in [-0.4, -0.2) is 43.0 Å². The van der Waals surface area contributed by atoms with Gasteiger partial charge in [0.15, 0.2) is 0 Å². The number of anilines is 1. The molecule has 2 fully saturated rings. The fraction of sp³-hybridized carbons (Fsp3) is 0.562. The molecule has 1 aromatic carbocycles. The Morgan fingerprint density at radius 2 is 1.86 bits per heavy atom. The molecule has 0 spiro atoms. The summed E-state index contributed by atoms with van der Waals surface area (Å²) < 4.78 is 13.8. The number of nitrogens with two attached hydrogens (primary N) is 1. The van der Waals surface area contributed by atoms with Crippen LogP contribution in [0.2, 0.25) is 0 Å². The molecule has 1 saturated heterocycles. The van der Waals surface area contributed by atoms with E-state index in [1.807, 2.05) is 15.9 Å². The predicted octanol–water partition coefficient (Wildman–Crippen LogP) is 1.60. The molecule has 1 aliphatic carbocycles. The second-order valence-electron chi connectivity index (χ2n) is 6.03. The lowest BCUT2D eigenvalue weighted by Gasteiger charge is -2.37. The van der Waals surface area contributed by atoms with Crippen molar-refractivity contribution in [2.24, 2.45) is 11.7 Å². The Kier molecular flexibility index (Phi) is 4.10. The Labute approximate surface area is 124 Å². The fourth-order valence-electron chi connectivity index (χ4n) is 3.37. The van der Waals surface area contributed by atoms with Crippen LogP contribution in [0.3, 0.4) is 0 Å². The van der Waals surface area contributed by atoms with Crippen molar-refractivity contribution in [3.05, 3.63) is 30.1 Å². The molecule has 2 unspecified atom stereocenters. The van der Waals surface area contributed by atoms with Crippen molar-refractivity contribution in [3.63, 3.8) is 0 Å². The maximum atomic E-state index is 13.8. The number of carbonyl (C=O) groups is 1. The minimum Gasteiger partial charge on any atom is -0.366 e. The van der Waals surface area contributed by atoms with Crippen LogP contribution in [0, 0.1) is 11.7 Å². The molecular formula is C16H22FN3O. The summed E-state index contributed by atoms with van der Waals surface area (Å²) in [5, 5.41) is 0. The minimum atomic E-state index is -0.195. The molecule has 0 bridgehead atoms. The number of benzene rings is 1. The van der Waals surface area contributed by atoms with Crippen LogP contribution >= 0.6 is 0 Å². The van der Waals surface area contributed by atoms with E-state index in [0.717, 1.165) is 19.3 Å². The molecule has 1 aliphatic heterocycles. The number of halogens is 1. The molecule has 1 heterocycles. The number of hydrogen-bond acceptors (Lipinski definition) is 3. The van der Waals surface area contributed by atoms with E-state index in [1.165, 1.54) is 6.07 Å². The summed E-state index contributed by atoms with van der Waals surface area (Å²) in [7, 11) is 0.